The Balaban J connectivity index is 1.55. The summed E-state index contributed by atoms with van der Waals surface area (Å²) in [6.45, 7) is 4.04. The lowest BCUT2D eigenvalue weighted by atomic mass is 10.2. The van der Waals surface area contributed by atoms with E-state index in [2.05, 4.69) is 16.8 Å². The van der Waals surface area contributed by atoms with Crippen molar-refractivity contribution < 1.29 is 13.2 Å². The first-order valence-corrected chi connectivity index (χ1v) is 13.2. The maximum Gasteiger partial charge on any atom is 0.243 e. The molecule has 1 amide bonds. The number of amides is 1. The molecule has 0 spiro atoms. The average Bonchev–Trinajstić information content (AvgIpc) is 3.46. The van der Waals surface area contributed by atoms with Gasteiger partial charge >= 0.3 is 0 Å². The third-order valence-corrected chi connectivity index (χ3v) is 8.09. The number of rotatable bonds is 9. The highest BCUT2D eigenvalue weighted by Crippen LogP contribution is 2.26. The first kappa shape index (κ1) is 23.7. The molecule has 9 heteroatoms. The van der Waals surface area contributed by atoms with Crippen molar-refractivity contribution in [2.24, 2.45) is 0 Å². The highest BCUT2D eigenvalue weighted by atomic mass is 35.5. The molecule has 1 saturated heterocycles. The number of aryl methyl sites for hydroxylation is 2. The Morgan fingerprint density at radius 3 is 2.55 bits per heavy atom. The standard InChI is InChI=1S/C24H29ClN4O3S/c1-2-3-16-29-22-11-10-20(33(31,32)28-14-4-5-15-28)17-21(22)27-23(29)12-13-24(30)26-19-8-6-18(25)7-9-19/h6-11,17H,2-5,12-16H2,1H3,(H,26,30). The van der Waals surface area contributed by atoms with Crippen LogP contribution in [0.3, 0.4) is 0 Å². The van der Waals surface area contributed by atoms with Crippen molar-refractivity contribution in [2.45, 2.75) is 56.9 Å². The topological polar surface area (TPSA) is 84.3 Å². The van der Waals surface area contributed by atoms with Crippen molar-refractivity contribution in [3.05, 3.63) is 53.3 Å². The Morgan fingerprint density at radius 2 is 1.85 bits per heavy atom. The molecule has 2 aromatic carbocycles. The van der Waals surface area contributed by atoms with Gasteiger partial charge in [-0.15, -0.1) is 0 Å². The minimum Gasteiger partial charge on any atom is -0.328 e. The van der Waals surface area contributed by atoms with E-state index in [0.29, 0.717) is 35.7 Å². The zero-order chi connectivity index (χ0) is 23.4. The molecule has 0 bridgehead atoms. The van der Waals surface area contributed by atoms with Crippen LogP contribution in [0, 0.1) is 0 Å². The van der Waals surface area contributed by atoms with Crippen LogP contribution < -0.4 is 5.32 Å². The summed E-state index contributed by atoms with van der Waals surface area (Å²) < 4.78 is 29.6. The fourth-order valence-electron chi connectivity index (χ4n) is 4.14. The van der Waals surface area contributed by atoms with Crippen molar-refractivity contribution in [1.82, 2.24) is 13.9 Å². The number of imidazole rings is 1. The lowest BCUT2D eigenvalue weighted by Crippen LogP contribution is -2.27. The number of carbonyl (C=O) groups excluding carboxylic acids is 1. The van der Waals surface area contributed by atoms with Crippen LogP contribution in [0.4, 0.5) is 5.69 Å². The molecular formula is C24H29ClN4O3S. The summed E-state index contributed by atoms with van der Waals surface area (Å²) in [7, 11) is -3.50. The van der Waals surface area contributed by atoms with E-state index in [0.717, 1.165) is 43.6 Å². The molecule has 0 unspecified atom stereocenters. The van der Waals surface area contributed by atoms with Gasteiger partial charge in [0.15, 0.2) is 0 Å². The number of benzene rings is 2. The zero-order valence-electron chi connectivity index (χ0n) is 18.8. The van der Waals surface area contributed by atoms with Crippen LogP contribution in [-0.2, 0) is 27.8 Å². The largest absolute Gasteiger partial charge is 0.328 e. The fraction of sp³-hybridized carbons (Fsp3) is 0.417. The van der Waals surface area contributed by atoms with Gasteiger partial charge in [0.2, 0.25) is 15.9 Å². The first-order chi connectivity index (χ1) is 15.9. The van der Waals surface area contributed by atoms with Crippen LogP contribution in [0.25, 0.3) is 11.0 Å². The fourth-order valence-corrected chi connectivity index (χ4v) is 5.80. The number of anilines is 1. The molecule has 1 aliphatic heterocycles. The van der Waals surface area contributed by atoms with Gasteiger partial charge in [-0.3, -0.25) is 4.79 Å². The molecule has 176 valence electrons. The minimum absolute atomic E-state index is 0.108. The maximum absolute atomic E-state index is 13.0. The summed E-state index contributed by atoms with van der Waals surface area (Å²) in [4.78, 5) is 17.5. The average molecular weight is 489 g/mol. The molecule has 0 saturated carbocycles. The lowest BCUT2D eigenvalue weighted by Gasteiger charge is -2.15. The van der Waals surface area contributed by atoms with Gasteiger partial charge in [0.25, 0.3) is 0 Å². The Hall–Kier alpha value is -2.42. The lowest BCUT2D eigenvalue weighted by molar-refractivity contribution is -0.116. The van der Waals surface area contributed by atoms with E-state index in [1.165, 1.54) is 0 Å². The molecule has 0 aliphatic carbocycles. The molecule has 33 heavy (non-hydrogen) atoms. The number of fused-ring (bicyclic) bond motifs is 1. The summed E-state index contributed by atoms with van der Waals surface area (Å²) in [6, 6.07) is 12.2. The molecule has 0 radical (unpaired) electrons. The number of sulfonamides is 1. The van der Waals surface area contributed by atoms with E-state index < -0.39 is 10.0 Å². The molecule has 1 N–H and O–H groups in total. The van der Waals surface area contributed by atoms with Crippen LogP contribution in [0.2, 0.25) is 5.02 Å². The zero-order valence-corrected chi connectivity index (χ0v) is 20.3. The van der Waals surface area contributed by atoms with Crippen LogP contribution in [-0.4, -0.2) is 41.3 Å². The predicted octanol–water partition coefficient (Wildman–Crippen LogP) is 4.85. The normalized spacial score (nSPS) is 14.7. The smallest absolute Gasteiger partial charge is 0.243 e. The number of unbranched alkanes of at least 4 members (excludes halogenated alkanes) is 1. The van der Waals surface area contributed by atoms with Gasteiger partial charge in [-0.25, -0.2) is 13.4 Å². The Morgan fingerprint density at radius 1 is 1.12 bits per heavy atom. The van der Waals surface area contributed by atoms with Gasteiger partial charge in [0.1, 0.15) is 5.82 Å². The molecule has 7 nitrogen and oxygen atoms in total. The van der Waals surface area contributed by atoms with Crippen LogP contribution >= 0.6 is 11.6 Å². The van der Waals surface area contributed by atoms with Gasteiger partial charge in [-0.1, -0.05) is 24.9 Å². The van der Waals surface area contributed by atoms with E-state index in [1.54, 1.807) is 40.7 Å². The van der Waals surface area contributed by atoms with Gasteiger partial charge < -0.3 is 9.88 Å². The van der Waals surface area contributed by atoms with Gasteiger partial charge in [-0.2, -0.15) is 4.31 Å². The molecule has 1 fully saturated rings. The molecule has 3 aromatic rings. The van der Waals surface area contributed by atoms with Gasteiger partial charge in [0.05, 0.1) is 15.9 Å². The second kappa shape index (κ2) is 10.2. The summed E-state index contributed by atoms with van der Waals surface area (Å²) in [5.41, 5.74) is 2.25. The van der Waals surface area contributed by atoms with Crippen molar-refractivity contribution in [3.8, 4) is 0 Å². The second-order valence-corrected chi connectivity index (χ2v) is 10.7. The quantitative estimate of drug-likeness (QED) is 0.466. The monoisotopic (exact) mass is 488 g/mol. The molecule has 2 heterocycles. The SMILES string of the molecule is CCCCn1c(CCC(=O)Nc2ccc(Cl)cc2)nc2cc(S(=O)(=O)N3CCCC3)ccc21. The highest BCUT2D eigenvalue weighted by molar-refractivity contribution is 7.89. The van der Waals surface area contributed by atoms with Crippen LogP contribution in [0.1, 0.15) is 44.9 Å². The molecule has 1 aromatic heterocycles. The van der Waals surface area contributed by atoms with Crippen molar-refractivity contribution in [3.63, 3.8) is 0 Å². The van der Waals surface area contributed by atoms with E-state index in [4.69, 9.17) is 16.6 Å². The number of nitrogens with zero attached hydrogens (tertiary/aromatic N) is 3. The highest BCUT2D eigenvalue weighted by Gasteiger charge is 2.28. The minimum atomic E-state index is -3.50. The van der Waals surface area contributed by atoms with Crippen molar-refractivity contribution >= 4 is 44.3 Å². The molecule has 4 rings (SSSR count). The third-order valence-electron chi connectivity index (χ3n) is 5.94. The van der Waals surface area contributed by atoms with Crippen molar-refractivity contribution in [2.75, 3.05) is 18.4 Å². The van der Waals surface area contributed by atoms with E-state index in [1.807, 2.05) is 6.07 Å². The van der Waals surface area contributed by atoms with Crippen LogP contribution in [0.5, 0.6) is 0 Å². The number of hydrogen-bond donors (Lipinski definition) is 1. The number of halogens is 1. The summed E-state index contributed by atoms with van der Waals surface area (Å²) >= 11 is 5.90. The summed E-state index contributed by atoms with van der Waals surface area (Å²) in [6.07, 6.45) is 4.54. The summed E-state index contributed by atoms with van der Waals surface area (Å²) in [5, 5.41) is 3.49. The van der Waals surface area contributed by atoms with E-state index in [-0.39, 0.29) is 17.2 Å². The number of carbonyl (C=O) groups is 1. The van der Waals surface area contributed by atoms with Gasteiger partial charge in [0, 0.05) is 43.2 Å². The Labute approximate surface area is 199 Å². The second-order valence-electron chi connectivity index (χ2n) is 8.35. The first-order valence-electron chi connectivity index (χ1n) is 11.4. The van der Waals surface area contributed by atoms with E-state index in [9.17, 15) is 13.2 Å². The number of hydrogen-bond acceptors (Lipinski definition) is 4. The van der Waals surface area contributed by atoms with Crippen molar-refractivity contribution in [1.29, 1.82) is 0 Å². The maximum atomic E-state index is 13.0. The molecular weight excluding hydrogens is 460 g/mol. The summed E-state index contributed by atoms with van der Waals surface area (Å²) in [5.74, 6) is 0.684. The number of nitrogens with one attached hydrogen (secondary N) is 1. The van der Waals surface area contributed by atoms with E-state index >= 15 is 0 Å². The number of aromatic nitrogens is 2. The molecule has 1 aliphatic rings. The van der Waals surface area contributed by atoms with Gasteiger partial charge in [-0.05, 0) is 61.7 Å². The van der Waals surface area contributed by atoms with Crippen LogP contribution in [0.15, 0.2) is 47.4 Å². The predicted molar refractivity (Wildman–Crippen MR) is 131 cm³/mol. The molecule has 0 atom stereocenters. The Bertz CT molecular complexity index is 1230. The third kappa shape index (κ3) is 5.39. The Kier molecular flexibility index (Phi) is 7.36.